The van der Waals surface area contributed by atoms with Crippen LogP contribution in [0.15, 0.2) is 54.6 Å². The van der Waals surface area contributed by atoms with E-state index < -0.39 is 16.6 Å². The summed E-state index contributed by atoms with van der Waals surface area (Å²) < 4.78 is 5.63. The predicted octanol–water partition coefficient (Wildman–Crippen LogP) is 4.61. The van der Waals surface area contributed by atoms with Crippen molar-refractivity contribution in [1.29, 1.82) is 0 Å². The van der Waals surface area contributed by atoms with Gasteiger partial charge < -0.3 is 20.3 Å². The van der Waals surface area contributed by atoms with Gasteiger partial charge in [0, 0.05) is 31.4 Å². The largest absolute Gasteiger partial charge is 0.508 e. The van der Waals surface area contributed by atoms with Gasteiger partial charge in [-0.2, -0.15) is 0 Å². The van der Waals surface area contributed by atoms with Crippen molar-refractivity contribution in [3.8, 4) is 16.9 Å². The molecule has 0 radical (unpaired) electrons. The maximum absolute atomic E-state index is 13.7. The molecule has 3 atom stereocenters. The van der Waals surface area contributed by atoms with E-state index in [0.29, 0.717) is 25.8 Å². The Balaban J connectivity index is 1.57. The molecule has 2 aliphatic rings. The summed E-state index contributed by atoms with van der Waals surface area (Å²) in [6.45, 7) is 8.93. The number of methoxy groups -OCH3 is 1. The van der Waals surface area contributed by atoms with Crippen LogP contribution in [0.5, 0.6) is 5.75 Å². The first-order chi connectivity index (χ1) is 15.6. The van der Waals surface area contributed by atoms with Crippen molar-refractivity contribution < 1.29 is 19.7 Å². The molecule has 2 aromatic carbocycles. The number of carbonyl (C=O) groups excluding carboxylic acids is 1. The van der Waals surface area contributed by atoms with Crippen LogP contribution in [-0.2, 0) is 22.5 Å². The average Bonchev–Trinajstić information content (AvgIpc) is 3.16. The molecule has 0 heterocycles. The standard InChI is InChI=1S/C28H35NO4/c1-18-24-11-12-27(26(18,2)3,28(24,32)33-5)25(31)10-9-19-7-6-8-21(13-19)22-14-20(17-29-4)15-23(30)16-22/h6-8,13-16,24,29-30,32H,1,9-12,17H2,2-5H3/t24-,27-,28-/m1/s1. The molecule has 4 rings (SSSR count). The molecular weight excluding hydrogens is 414 g/mol. The lowest BCUT2D eigenvalue weighted by Crippen LogP contribution is -2.55. The van der Waals surface area contributed by atoms with Crippen LogP contribution in [0.4, 0.5) is 0 Å². The van der Waals surface area contributed by atoms with E-state index in [0.717, 1.165) is 34.2 Å². The number of carbonyl (C=O) groups is 1. The van der Waals surface area contributed by atoms with Gasteiger partial charge in [0.05, 0.1) is 5.41 Å². The Hall–Kier alpha value is -2.47. The Morgan fingerprint density at radius 3 is 2.61 bits per heavy atom. The van der Waals surface area contributed by atoms with Crippen molar-refractivity contribution in [1.82, 2.24) is 5.32 Å². The summed E-state index contributed by atoms with van der Waals surface area (Å²) in [5.41, 5.74) is 3.40. The van der Waals surface area contributed by atoms with E-state index in [-0.39, 0.29) is 17.5 Å². The molecule has 0 saturated heterocycles. The second-order valence-corrected chi connectivity index (χ2v) is 10.1. The van der Waals surface area contributed by atoms with Gasteiger partial charge in [0.1, 0.15) is 11.5 Å². The van der Waals surface area contributed by atoms with Crippen molar-refractivity contribution in [3.63, 3.8) is 0 Å². The van der Waals surface area contributed by atoms with Gasteiger partial charge in [-0.15, -0.1) is 0 Å². The Labute approximate surface area is 196 Å². The molecular formula is C28H35NO4. The summed E-state index contributed by atoms with van der Waals surface area (Å²) >= 11 is 0. The maximum Gasteiger partial charge on any atom is 0.185 e. The predicted molar refractivity (Wildman–Crippen MR) is 130 cm³/mol. The van der Waals surface area contributed by atoms with Crippen LogP contribution in [-0.4, -0.2) is 35.9 Å². The molecule has 0 aliphatic heterocycles. The summed E-state index contributed by atoms with van der Waals surface area (Å²) in [5.74, 6) is -1.42. The fraction of sp³-hybridized carbons (Fsp3) is 0.464. The fourth-order valence-corrected chi connectivity index (χ4v) is 6.44. The minimum Gasteiger partial charge on any atom is -0.508 e. The van der Waals surface area contributed by atoms with E-state index in [1.54, 1.807) is 12.1 Å². The van der Waals surface area contributed by atoms with Crippen LogP contribution < -0.4 is 5.32 Å². The Bertz CT molecular complexity index is 1090. The van der Waals surface area contributed by atoms with Crippen LogP contribution in [0.2, 0.25) is 0 Å². The number of benzene rings is 2. The van der Waals surface area contributed by atoms with Gasteiger partial charge in [-0.1, -0.05) is 50.3 Å². The highest BCUT2D eigenvalue weighted by atomic mass is 16.6. The highest BCUT2D eigenvalue weighted by Gasteiger charge is 2.76. The summed E-state index contributed by atoms with van der Waals surface area (Å²) in [6, 6.07) is 13.7. The monoisotopic (exact) mass is 449 g/mol. The van der Waals surface area contributed by atoms with Crippen molar-refractivity contribution in [2.75, 3.05) is 14.2 Å². The molecule has 0 unspecified atom stereocenters. The molecule has 2 bridgehead atoms. The highest BCUT2D eigenvalue weighted by Crippen LogP contribution is 2.72. The first kappa shape index (κ1) is 23.7. The molecule has 5 heteroatoms. The molecule has 2 aromatic rings. The number of aryl methyl sites for hydroxylation is 1. The molecule has 0 amide bonds. The number of nitrogens with one attached hydrogen (secondary N) is 1. The van der Waals surface area contributed by atoms with Gasteiger partial charge in [0.25, 0.3) is 0 Å². The maximum atomic E-state index is 13.7. The number of hydrogen-bond acceptors (Lipinski definition) is 5. The molecule has 0 spiro atoms. The third kappa shape index (κ3) is 3.45. The Kier molecular flexibility index (Phi) is 6.02. The number of phenols is 1. The second-order valence-electron chi connectivity index (χ2n) is 10.1. The van der Waals surface area contributed by atoms with Crippen molar-refractivity contribution in [2.24, 2.45) is 16.7 Å². The average molecular weight is 450 g/mol. The van der Waals surface area contributed by atoms with E-state index in [4.69, 9.17) is 4.74 Å². The van der Waals surface area contributed by atoms with Crippen molar-refractivity contribution in [3.05, 3.63) is 65.7 Å². The minimum atomic E-state index is -1.49. The zero-order valence-electron chi connectivity index (χ0n) is 20.1. The molecule has 176 valence electrons. The number of ketones is 1. The number of rotatable bonds is 8. The number of ether oxygens (including phenoxy) is 1. The Morgan fingerprint density at radius 1 is 1.18 bits per heavy atom. The number of fused-ring (bicyclic) bond motifs is 2. The van der Waals surface area contributed by atoms with Gasteiger partial charge in [-0.3, -0.25) is 4.79 Å². The smallest absolute Gasteiger partial charge is 0.185 e. The molecule has 2 aliphatic carbocycles. The quantitative estimate of drug-likeness (QED) is 0.405. The number of phenolic OH excluding ortho intramolecular Hbond substituents is 1. The van der Waals surface area contributed by atoms with Gasteiger partial charge >= 0.3 is 0 Å². The first-order valence-corrected chi connectivity index (χ1v) is 11.7. The van der Waals surface area contributed by atoms with Gasteiger partial charge in [-0.05, 0) is 66.8 Å². The zero-order valence-corrected chi connectivity index (χ0v) is 20.1. The summed E-state index contributed by atoms with van der Waals surface area (Å²) in [5, 5.41) is 24.7. The summed E-state index contributed by atoms with van der Waals surface area (Å²) in [7, 11) is 3.37. The molecule has 5 nitrogen and oxygen atoms in total. The van der Waals surface area contributed by atoms with E-state index in [1.165, 1.54) is 7.11 Å². The minimum absolute atomic E-state index is 0.0389. The van der Waals surface area contributed by atoms with Gasteiger partial charge in [-0.25, -0.2) is 0 Å². The van der Waals surface area contributed by atoms with Crippen molar-refractivity contribution >= 4 is 5.78 Å². The normalized spacial score (nSPS) is 27.8. The summed E-state index contributed by atoms with van der Waals surface area (Å²) in [6.07, 6.45) is 2.23. The zero-order chi connectivity index (χ0) is 24.0. The van der Waals surface area contributed by atoms with Crippen molar-refractivity contribution in [2.45, 2.75) is 51.9 Å². The number of aromatic hydroxyl groups is 1. The topological polar surface area (TPSA) is 78.8 Å². The first-order valence-electron chi connectivity index (χ1n) is 11.7. The van der Waals surface area contributed by atoms with Crippen LogP contribution >= 0.6 is 0 Å². The van der Waals surface area contributed by atoms with Crippen LogP contribution in [0.1, 0.15) is 44.2 Å². The molecule has 2 fully saturated rings. The van der Waals surface area contributed by atoms with E-state index >= 15 is 0 Å². The number of hydrogen-bond donors (Lipinski definition) is 3. The van der Waals surface area contributed by atoms with Crippen LogP contribution in [0.3, 0.4) is 0 Å². The lowest BCUT2D eigenvalue weighted by molar-refractivity contribution is -0.252. The van der Waals surface area contributed by atoms with E-state index in [9.17, 15) is 15.0 Å². The lowest BCUT2D eigenvalue weighted by Gasteiger charge is -2.45. The highest BCUT2D eigenvalue weighted by molar-refractivity contribution is 5.89. The lowest BCUT2D eigenvalue weighted by atomic mass is 9.59. The van der Waals surface area contributed by atoms with E-state index in [2.05, 4.69) is 24.0 Å². The van der Waals surface area contributed by atoms with Crippen LogP contribution in [0.25, 0.3) is 11.1 Å². The van der Waals surface area contributed by atoms with Gasteiger partial charge in [0.2, 0.25) is 0 Å². The molecule has 3 N–H and O–H groups in total. The van der Waals surface area contributed by atoms with E-state index in [1.807, 2.05) is 39.1 Å². The number of Topliss-reactive ketones (excluding diaryl/α,β-unsaturated/α-hetero) is 1. The second kappa shape index (κ2) is 8.39. The number of aliphatic hydroxyl groups is 1. The molecule has 33 heavy (non-hydrogen) atoms. The van der Waals surface area contributed by atoms with Crippen LogP contribution in [0, 0.1) is 16.7 Å². The molecule has 0 aromatic heterocycles. The third-order valence-electron chi connectivity index (χ3n) is 8.23. The van der Waals surface area contributed by atoms with Gasteiger partial charge in [0.15, 0.2) is 5.79 Å². The summed E-state index contributed by atoms with van der Waals surface area (Å²) in [4.78, 5) is 13.7. The fourth-order valence-electron chi connectivity index (χ4n) is 6.44. The third-order valence-corrected chi connectivity index (χ3v) is 8.23. The Morgan fingerprint density at radius 2 is 1.91 bits per heavy atom. The SMILES string of the molecule is C=C1[C@H]2CC[C@@](C(=O)CCc3cccc(-c4cc(O)cc(CNC)c4)c3)(C1(C)C)[C@]2(O)OC. The molecule has 2 saturated carbocycles.